The van der Waals surface area contributed by atoms with Gasteiger partial charge in [0.15, 0.2) is 11.5 Å². The molecule has 0 unspecified atom stereocenters. The van der Waals surface area contributed by atoms with Crippen LogP contribution >= 0.6 is 0 Å². The van der Waals surface area contributed by atoms with E-state index in [4.69, 9.17) is 0 Å². The Bertz CT molecular complexity index is 870. The predicted octanol–water partition coefficient (Wildman–Crippen LogP) is 0.943. The number of aromatic nitrogens is 6. The summed E-state index contributed by atoms with van der Waals surface area (Å²) in [5, 5.41) is 20.6. The van der Waals surface area contributed by atoms with Crippen molar-refractivity contribution in [2.75, 3.05) is 0 Å². The molecule has 3 aromatic rings. The average Bonchev–Trinajstić information content (AvgIpc) is 3.31. The highest BCUT2D eigenvalue weighted by Gasteiger charge is 2.27. The van der Waals surface area contributed by atoms with Crippen LogP contribution in [0.25, 0.3) is 5.69 Å². The predicted molar refractivity (Wildman–Crippen MR) is 80.9 cm³/mol. The van der Waals surface area contributed by atoms with E-state index < -0.39 is 0 Å². The lowest BCUT2D eigenvalue weighted by Crippen LogP contribution is -2.25. The van der Waals surface area contributed by atoms with Gasteiger partial charge in [0.05, 0.1) is 12.2 Å². The van der Waals surface area contributed by atoms with E-state index in [1.165, 1.54) is 12.1 Å². The van der Waals surface area contributed by atoms with Crippen molar-refractivity contribution in [2.45, 2.75) is 25.8 Å². The van der Waals surface area contributed by atoms with Crippen LogP contribution in [-0.2, 0) is 19.4 Å². The summed E-state index contributed by atoms with van der Waals surface area (Å²) in [5.74, 6) is -0.183. The highest BCUT2D eigenvalue weighted by molar-refractivity contribution is 5.94. The third-order valence-corrected chi connectivity index (χ3v) is 4.01. The monoisotopic (exact) mass is 327 g/mol. The summed E-state index contributed by atoms with van der Waals surface area (Å²) >= 11 is 0. The van der Waals surface area contributed by atoms with Gasteiger partial charge < -0.3 is 5.32 Å². The van der Waals surface area contributed by atoms with Gasteiger partial charge in [-0.1, -0.05) is 5.21 Å². The second-order valence-corrected chi connectivity index (χ2v) is 5.53. The third kappa shape index (κ3) is 2.53. The van der Waals surface area contributed by atoms with E-state index in [2.05, 4.69) is 31.0 Å². The first-order valence-corrected chi connectivity index (χ1v) is 7.59. The van der Waals surface area contributed by atoms with Gasteiger partial charge in [0.1, 0.15) is 5.82 Å². The van der Waals surface area contributed by atoms with Crippen LogP contribution in [0.1, 0.15) is 34.0 Å². The zero-order valence-corrected chi connectivity index (χ0v) is 12.7. The minimum atomic E-state index is -0.305. The average molecular weight is 327 g/mol. The first-order chi connectivity index (χ1) is 11.7. The lowest BCUT2D eigenvalue weighted by Gasteiger charge is -2.05. The van der Waals surface area contributed by atoms with Crippen LogP contribution in [0.15, 0.2) is 24.3 Å². The van der Waals surface area contributed by atoms with Crippen LogP contribution < -0.4 is 5.32 Å². The van der Waals surface area contributed by atoms with Crippen LogP contribution in [-0.4, -0.2) is 36.3 Å². The number of nitrogens with zero attached hydrogens (tertiary/aromatic N) is 5. The topological polar surface area (TPSA) is 101 Å². The summed E-state index contributed by atoms with van der Waals surface area (Å²) in [7, 11) is 0. The normalized spacial score (nSPS) is 13.0. The Balaban J connectivity index is 1.63. The smallest absolute Gasteiger partial charge is 0.272 e. The highest BCUT2D eigenvalue weighted by Crippen LogP contribution is 2.27. The molecule has 2 aromatic heterocycles. The number of benzene rings is 1. The molecule has 24 heavy (non-hydrogen) atoms. The summed E-state index contributed by atoms with van der Waals surface area (Å²) < 4.78 is 14.9. The molecule has 2 N–H and O–H groups in total. The Kier molecular flexibility index (Phi) is 3.52. The maximum atomic E-state index is 13.1. The van der Waals surface area contributed by atoms with Crippen molar-refractivity contribution in [1.82, 2.24) is 35.7 Å². The number of hydrogen-bond donors (Lipinski definition) is 2. The molecule has 1 aliphatic carbocycles. The van der Waals surface area contributed by atoms with Crippen LogP contribution in [0.5, 0.6) is 0 Å². The van der Waals surface area contributed by atoms with Crippen molar-refractivity contribution in [1.29, 1.82) is 0 Å². The van der Waals surface area contributed by atoms with Crippen molar-refractivity contribution in [2.24, 2.45) is 0 Å². The van der Waals surface area contributed by atoms with Crippen molar-refractivity contribution >= 4 is 5.91 Å². The first-order valence-electron chi connectivity index (χ1n) is 7.59. The number of amides is 1. The minimum Gasteiger partial charge on any atom is -0.343 e. The first kappa shape index (κ1) is 14.5. The third-order valence-electron chi connectivity index (χ3n) is 4.01. The van der Waals surface area contributed by atoms with Crippen LogP contribution in [0.2, 0.25) is 0 Å². The Morgan fingerprint density at radius 3 is 2.88 bits per heavy atom. The van der Waals surface area contributed by atoms with Crippen molar-refractivity contribution < 1.29 is 9.18 Å². The number of rotatable bonds is 4. The lowest BCUT2D eigenvalue weighted by molar-refractivity contribution is 0.0943. The Morgan fingerprint density at radius 2 is 2.12 bits per heavy atom. The van der Waals surface area contributed by atoms with Crippen molar-refractivity contribution in [3.63, 3.8) is 0 Å². The van der Waals surface area contributed by atoms with Gasteiger partial charge in [-0.2, -0.15) is 10.3 Å². The number of tetrazole rings is 1. The quantitative estimate of drug-likeness (QED) is 0.743. The SMILES string of the molecule is O=C(NCc1nn[nH]n1)c1nn(-c2ccc(F)cc2)c2c1CCC2. The zero-order valence-electron chi connectivity index (χ0n) is 12.7. The lowest BCUT2D eigenvalue weighted by atomic mass is 10.2. The number of fused-ring (bicyclic) bond motifs is 1. The Hall–Kier alpha value is -3.10. The largest absolute Gasteiger partial charge is 0.343 e. The summed E-state index contributed by atoms with van der Waals surface area (Å²) in [6.45, 7) is 0.174. The van der Waals surface area contributed by atoms with Gasteiger partial charge >= 0.3 is 0 Å². The van der Waals surface area contributed by atoms with Crippen LogP contribution in [0, 0.1) is 5.82 Å². The van der Waals surface area contributed by atoms with E-state index >= 15 is 0 Å². The van der Waals surface area contributed by atoms with Gasteiger partial charge in [0.2, 0.25) is 0 Å². The maximum Gasteiger partial charge on any atom is 0.272 e. The van der Waals surface area contributed by atoms with Gasteiger partial charge in [-0.05, 0) is 43.5 Å². The molecule has 4 rings (SSSR count). The molecule has 0 radical (unpaired) electrons. The van der Waals surface area contributed by atoms with Gasteiger partial charge in [-0.25, -0.2) is 9.07 Å². The van der Waals surface area contributed by atoms with Crippen molar-refractivity contribution in [3.8, 4) is 5.69 Å². The van der Waals surface area contributed by atoms with Crippen molar-refractivity contribution in [3.05, 3.63) is 52.9 Å². The summed E-state index contributed by atoms with van der Waals surface area (Å²) in [5.41, 5.74) is 3.10. The molecule has 1 aliphatic rings. The second kappa shape index (κ2) is 5.84. The van der Waals surface area contributed by atoms with Crippen LogP contribution in [0.3, 0.4) is 0 Å². The molecule has 1 amide bonds. The highest BCUT2D eigenvalue weighted by atomic mass is 19.1. The standard InChI is InChI=1S/C15H14FN7O/c16-9-4-6-10(7-5-9)23-12-3-1-2-11(12)14(20-23)15(24)17-8-13-18-21-22-19-13/h4-7H,1-3,8H2,(H,17,24)(H,18,19,21,22). The number of halogens is 1. The molecule has 0 atom stereocenters. The van der Waals surface area contributed by atoms with Gasteiger partial charge in [-0.15, -0.1) is 10.2 Å². The number of hydrogen-bond acceptors (Lipinski definition) is 5. The fraction of sp³-hybridized carbons (Fsp3) is 0.267. The molecule has 122 valence electrons. The van der Waals surface area contributed by atoms with E-state index in [0.29, 0.717) is 11.5 Å². The Morgan fingerprint density at radius 1 is 1.29 bits per heavy atom. The molecule has 0 saturated carbocycles. The van der Waals surface area contributed by atoms with Gasteiger partial charge in [0.25, 0.3) is 5.91 Å². The fourth-order valence-corrected chi connectivity index (χ4v) is 2.92. The molecule has 0 aliphatic heterocycles. The number of carbonyl (C=O) groups excluding carboxylic acids is 1. The van der Waals surface area contributed by atoms with Gasteiger partial charge in [-0.3, -0.25) is 4.79 Å². The molecule has 9 heteroatoms. The summed E-state index contributed by atoms with van der Waals surface area (Å²) in [4.78, 5) is 12.5. The molecule has 0 fully saturated rings. The van der Waals surface area contributed by atoms with E-state index in [1.54, 1.807) is 16.8 Å². The zero-order chi connectivity index (χ0) is 16.5. The maximum absolute atomic E-state index is 13.1. The molecule has 0 spiro atoms. The number of aromatic amines is 1. The minimum absolute atomic E-state index is 0.174. The second-order valence-electron chi connectivity index (χ2n) is 5.53. The molecule has 1 aromatic carbocycles. The molecule has 0 bridgehead atoms. The van der Waals surface area contributed by atoms with Crippen LogP contribution in [0.4, 0.5) is 4.39 Å². The number of carbonyl (C=O) groups is 1. The molecule has 8 nitrogen and oxygen atoms in total. The molecular weight excluding hydrogens is 313 g/mol. The number of H-pyrrole nitrogens is 1. The summed E-state index contributed by atoms with van der Waals surface area (Å²) in [6, 6.07) is 6.08. The summed E-state index contributed by atoms with van der Waals surface area (Å²) in [6.07, 6.45) is 2.62. The molecular formula is C15H14FN7O. The number of nitrogens with one attached hydrogen (secondary N) is 2. The van der Waals surface area contributed by atoms with E-state index in [-0.39, 0.29) is 18.3 Å². The fourth-order valence-electron chi connectivity index (χ4n) is 2.92. The van der Waals surface area contributed by atoms with E-state index in [0.717, 1.165) is 36.2 Å². The van der Waals surface area contributed by atoms with E-state index in [9.17, 15) is 9.18 Å². The Labute approximate surface area is 136 Å². The molecule has 0 saturated heterocycles. The molecule has 2 heterocycles. The van der Waals surface area contributed by atoms with Gasteiger partial charge in [0, 0.05) is 11.3 Å². The van der Waals surface area contributed by atoms with E-state index in [1.807, 2.05) is 0 Å².